The molecule has 1 N–H and O–H groups in total. The molecule has 0 unspecified atom stereocenters. The van der Waals surface area contributed by atoms with Crippen LogP contribution in [0.1, 0.15) is 43.7 Å². The summed E-state index contributed by atoms with van der Waals surface area (Å²) in [4.78, 5) is 26.0. The molecule has 3 aliphatic rings. The van der Waals surface area contributed by atoms with E-state index in [1.165, 1.54) is 18.2 Å². The molecule has 1 aliphatic heterocycles. The van der Waals surface area contributed by atoms with Crippen molar-refractivity contribution >= 4 is 12.0 Å². The highest BCUT2D eigenvalue weighted by Crippen LogP contribution is 2.58. The molecule has 5 nitrogen and oxygen atoms in total. The van der Waals surface area contributed by atoms with Crippen LogP contribution in [0, 0.1) is 23.7 Å². The Labute approximate surface area is 161 Å². The van der Waals surface area contributed by atoms with Gasteiger partial charge < -0.3 is 15.0 Å². The largest absolute Gasteiger partial charge is 0.453 e. The number of hydrogen-bond donors (Lipinski definition) is 1. The van der Waals surface area contributed by atoms with Gasteiger partial charge in [-0.2, -0.15) is 0 Å². The van der Waals surface area contributed by atoms with E-state index in [0.29, 0.717) is 23.7 Å². The lowest BCUT2D eigenvalue weighted by Gasteiger charge is -2.37. The predicted octanol–water partition coefficient (Wildman–Crippen LogP) is 3.19. The zero-order chi connectivity index (χ0) is 19.1. The first-order valence-corrected chi connectivity index (χ1v) is 10.2. The Morgan fingerprint density at radius 2 is 1.93 bits per heavy atom. The molecule has 146 valence electrons. The molecular formula is C22H30N2O3. The number of nitrogens with zero attached hydrogens (tertiary/aromatic N) is 1. The average molecular weight is 370 g/mol. The molecule has 0 aromatic heterocycles. The summed E-state index contributed by atoms with van der Waals surface area (Å²) >= 11 is 0. The number of amides is 2. The lowest BCUT2D eigenvalue weighted by molar-refractivity contribution is -0.138. The van der Waals surface area contributed by atoms with E-state index in [4.69, 9.17) is 0 Å². The quantitative estimate of drug-likeness (QED) is 0.866. The van der Waals surface area contributed by atoms with Crippen LogP contribution in [-0.2, 0) is 16.0 Å². The second kappa shape index (κ2) is 7.17. The Bertz CT molecular complexity index is 714. The van der Waals surface area contributed by atoms with E-state index in [-0.39, 0.29) is 17.9 Å². The van der Waals surface area contributed by atoms with Crippen molar-refractivity contribution in [1.29, 1.82) is 0 Å². The molecule has 0 spiro atoms. The minimum Gasteiger partial charge on any atom is -0.453 e. The zero-order valence-electron chi connectivity index (χ0n) is 16.5. The fraction of sp³-hybridized carbons (Fsp3) is 0.636. The average Bonchev–Trinajstić information content (AvgIpc) is 3.10. The number of methoxy groups -OCH3 is 1. The minimum absolute atomic E-state index is 0.0671. The van der Waals surface area contributed by atoms with Crippen molar-refractivity contribution in [3.63, 3.8) is 0 Å². The minimum atomic E-state index is -0.407. The van der Waals surface area contributed by atoms with Crippen LogP contribution < -0.4 is 5.32 Å². The van der Waals surface area contributed by atoms with Crippen LogP contribution in [0.25, 0.3) is 0 Å². The van der Waals surface area contributed by atoms with E-state index in [1.807, 2.05) is 0 Å². The summed E-state index contributed by atoms with van der Waals surface area (Å²) in [6.07, 6.45) is 2.19. The fourth-order valence-electron chi connectivity index (χ4n) is 5.02. The number of hydrogen-bond acceptors (Lipinski definition) is 3. The maximum absolute atomic E-state index is 12.7. The van der Waals surface area contributed by atoms with Gasteiger partial charge >= 0.3 is 6.09 Å². The van der Waals surface area contributed by atoms with Gasteiger partial charge in [-0.1, -0.05) is 38.1 Å². The number of benzene rings is 1. The van der Waals surface area contributed by atoms with Crippen molar-refractivity contribution in [1.82, 2.24) is 10.2 Å². The normalized spacial score (nSPS) is 31.3. The fourth-order valence-corrected chi connectivity index (χ4v) is 5.02. The summed E-state index contributed by atoms with van der Waals surface area (Å²) in [6, 6.07) is 9.14. The number of rotatable bonds is 5. The topological polar surface area (TPSA) is 58.6 Å². The number of ether oxygens (including phenoxy) is 1. The van der Waals surface area contributed by atoms with E-state index in [1.54, 1.807) is 0 Å². The Morgan fingerprint density at radius 3 is 2.56 bits per heavy atom. The number of piperidine rings is 1. The lowest BCUT2D eigenvalue weighted by Crippen LogP contribution is -2.50. The molecule has 27 heavy (non-hydrogen) atoms. The van der Waals surface area contributed by atoms with Gasteiger partial charge in [0, 0.05) is 25.0 Å². The van der Waals surface area contributed by atoms with Gasteiger partial charge in [-0.05, 0) is 54.1 Å². The van der Waals surface area contributed by atoms with Crippen LogP contribution in [0.3, 0.4) is 0 Å². The van der Waals surface area contributed by atoms with Crippen LogP contribution in [0.4, 0.5) is 4.79 Å². The van der Waals surface area contributed by atoms with Crippen molar-refractivity contribution in [2.24, 2.45) is 23.7 Å². The molecule has 1 saturated heterocycles. The summed E-state index contributed by atoms with van der Waals surface area (Å²) in [6.45, 7) is 6.31. The molecule has 4 rings (SSSR count). The summed E-state index contributed by atoms with van der Waals surface area (Å²) < 4.78 is 4.61. The highest BCUT2D eigenvalue weighted by molar-refractivity contribution is 5.81. The Balaban J connectivity index is 1.27. The standard InChI is InChI=1S/C22H30N2O3/c1-13(2)7-14-5-4-6-15(8-14)20-18-11-24(12-19(18)20)21(25)16-9-17(10-16)23-22(26)27-3/h4-6,8,13,16-20H,7,9-12H2,1-3H3,(H,23,26)/t16-,17+,18-,19+,20+. The molecule has 3 atom stereocenters. The van der Waals surface area contributed by atoms with Crippen LogP contribution >= 0.6 is 0 Å². The third kappa shape index (κ3) is 3.69. The van der Waals surface area contributed by atoms with E-state index in [2.05, 4.69) is 53.1 Å². The molecule has 2 saturated carbocycles. The number of likely N-dealkylation sites (tertiary alicyclic amines) is 1. The molecule has 0 radical (unpaired) electrons. The lowest BCUT2D eigenvalue weighted by atomic mass is 9.79. The summed E-state index contributed by atoms with van der Waals surface area (Å²) in [5, 5.41) is 2.77. The number of carbonyl (C=O) groups excluding carboxylic acids is 2. The van der Waals surface area contributed by atoms with Crippen LogP contribution in [0.15, 0.2) is 24.3 Å². The second-order valence-corrected chi connectivity index (χ2v) is 8.94. The second-order valence-electron chi connectivity index (χ2n) is 8.94. The molecule has 5 heteroatoms. The highest BCUT2D eigenvalue weighted by Gasteiger charge is 2.57. The number of fused-ring (bicyclic) bond motifs is 1. The zero-order valence-corrected chi connectivity index (χ0v) is 16.5. The van der Waals surface area contributed by atoms with Gasteiger partial charge in [0.05, 0.1) is 7.11 Å². The van der Waals surface area contributed by atoms with Gasteiger partial charge in [0.15, 0.2) is 0 Å². The van der Waals surface area contributed by atoms with Gasteiger partial charge in [-0.15, -0.1) is 0 Å². The molecule has 2 aliphatic carbocycles. The van der Waals surface area contributed by atoms with Crippen molar-refractivity contribution in [2.75, 3.05) is 20.2 Å². The van der Waals surface area contributed by atoms with Gasteiger partial charge in [0.1, 0.15) is 0 Å². The molecule has 3 fully saturated rings. The van der Waals surface area contributed by atoms with E-state index in [9.17, 15) is 9.59 Å². The predicted molar refractivity (Wildman–Crippen MR) is 103 cm³/mol. The van der Waals surface area contributed by atoms with Crippen molar-refractivity contribution in [2.45, 2.75) is 45.1 Å². The smallest absolute Gasteiger partial charge is 0.407 e. The van der Waals surface area contributed by atoms with E-state index >= 15 is 0 Å². The molecule has 2 amide bonds. The Morgan fingerprint density at radius 1 is 1.22 bits per heavy atom. The van der Waals surface area contributed by atoms with Crippen LogP contribution in [0.5, 0.6) is 0 Å². The Hall–Kier alpha value is -2.04. The first-order chi connectivity index (χ1) is 13.0. The van der Waals surface area contributed by atoms with Gasteiger partial charge in [-0.3, -0.25) is 4.79 Å². The first kappa shape index (κ1) is 18.3. The maximum atomic E-state index is 12.7. The molecular weight excluding hydrogens is 340 g/mol. The van der Waals surface area contributed by atoms with Gasteiger partial charge in [-0.25, -0.2) is 4.79 Å². The monoisotopic (exact) mass is 370 g/mol. The highest BCUT2D eigenvalue weighted by atomic mass is 16.5. The van der Waals surface area contributed by atoms with E-state index < -0.39 is 6.09 Å². The summed E-state index contributed by atoms with van der Waals surface area (Å²) in [5.74, 6) is 2.91. The summed E-state index contributed by atoms with van der Waals surface area (Å²) in [7, 11) is 1.36. The van der Waals surface area contributed by atoms with Crippen LogP contribution in [0.2, 0.25) is 0 Å². The van der Waals surface area contributed by atoms with Gasteiger partial charge in [0.2, 0.25) is 5.91 Å². The van der Waals surface area contributed by atoms with Crippen LogP contribution in [-0.4, -0.2) is 43.1 Å². The van der Waals surface area contributed by atoms with Crippen molar-refractivity contribution in [3.8, 4) is 0 Å². The van der Waals surface area contributed by atoms with Crippen molar-refractivity contribution in [3.05, 3.63) is 35.4 Å². The SMILES string of the molecule is COC(=O)N[C@H]1C[C@@H](C(=O)N2C[C@@H]3[C@H](C2)[C@H]3c2cccc(CC(C)C)c2)C1. The van der Waals surface area contributed by atoms with Crippen molar-refractivity contribution < 1.29 is 14.3 Å². The summed E-state index contributed by atoms with van der Waals surface area (Å²) in [5.41, 5.74) is 2.89. The number of carbonyl (C=O) groups is 2. The third-order valence-electron chi connectivity index (χ3n) is 6.48. The molecule has 0 bridgehead atoms. The first-order valence-electron chi connectivity index (χ1n) is 10.2. The number of alkyl carbamates (subject to hydrolysis) is 1. The molecule has 1 aromatic carbocycles. The van der Waals surface area contributed by atoms with Gasteiger partial charge in [0.25, 0.3) is 0 Å². The van der Waals surface area contributed by atoms with E-state index in [0.717, 1.165) is 32.4 Å². The molecule has 1 heterocycles. The maximum Gasteiger partial charge on any atom is 0.407 e. The third-order valence-corrected chi connectivity index (χ3v) is 6.48. The number of nitrogens with one attached hydrogen (secondary N) is 1. The Kier molecular flexibility index (Phi) is 4.87. The molecule has 1 aromatic rings.